The predicted molar refractivity (Wildman–Crippen MR) is 132 cm³/mol. The zero-order valence-corrected chi connectivity index (χ0v) is 20.6. The van der Waals surface area contributed by atoms with Gasteiger partial charge in [-0.1, -0.05) is 53.4 Å². The van der Waals surface area contributed by atoms with Gasteiger partial charge in [0.25, 0.3) is 0 Å². The van der Waals surface area contributed by atoms with E-state index in [-0.39, 0.29) is 29.8 Å². The molecule has 8 nitrogen and oxygen atoms in total. The van der Waals surface area contributed by atoms with E-state index in [0.717, 1.165) is 16.9 Å². The molecule has 3 atom stereocenters. The van der Waals surface area contributed by atoms with Gasteiger partial charge in [0.2, 0.25) is 11.8 Å². The Morgan fingerprint density at radius 1 is 1.00 bits per heavy atom. The average Bonchev–Trinajstić information content (AvgIpc) is 3.31. The monoisotopic (exact) mass is 510 g/mol. The number of ether oxygens (including phenoxy) is 2. The van der Waals surface area contributed by atoms with E-state index in [4.69, 9.17) is 9.47 Å². The summed E-state index contributed by atoms with van der Waals surface area (Å²) in [6, 6.07) is 16.1. The summed E-state index contributed by atoms with van der Waals surface area (Å²) in [5, 5.41) is -0.198. The Morgan fingerprint density at radius 3 is 2.37 bits per heavy atom. The molecule has 0 radical (unpaired) electrons. The van der Waals surface area contributed by atoms with Gasteiger partial charge < -0.3 is 9.47 Å². The number of rotatable bonds is 6. The third-order valence-electron chi connectivity index (χ3n) is 6.13. The Kier molecular flexibility index (Phi) is 6.24. The molecule has 2 aliphatic rings. The number of aromatic nitrogens is 1. The minimum Gasteiger partial charge on any atom is -0.497 e. The van der Waals surface area contributed by atoms with Crippen molar-refractivity contribution in [1.82, 2.24) is 4.57 Å². The number of hydrogen-bond acceptors (Lipinski definition) is 8. The van der Waals surface area contributed by atoms with Crippen LogP contribution in [0.15, 0.2) is 64.4 Å². The van der Waals surface area contributed by atoms with Gasteiger partial charge in [-0.25, -0.2) is 4.90 Å². The van der Waals surface area contributed by atoms with Gasteiger partial charge in [-0.2, -0.15) is 0 Å². The molecule has 35 heavy (non-hydrogen) atoms. The first-order valence-electron chi connectivity index (χ1n) is 11.1. The number of esters is 1. The number of methoxy groups -OCH3 is 1. The van der Waals surface area contributed by atoms with Gasteiger partial charge in [-0.05, 0) is 36.8 Å². The van der Waals surface area contributed by atoms with Crippen LogP contribution < -0.4 is 14.5 Å². The number of amides is 2. The Balaban J connectivity index is 1.64. The van der Waals surface area contributed by atoms with Gasteiger partial charge in [-0.3, -0.25) is 23.7 Å². The maximum absolute atomic E-state index is 13.7. The second-order valence-corrected chi connectivity index (χ2v) is 10.2. The minimum atomic E-state index is -0.732. The lowest BCUT2D eigenvalue weighted by atomic mass is 9.83. The summed E-state index contributed by atoms with van der Waals surface area (Å²) in [5.74, 6) is -1.72. The average molecular weight is 511 g/mol. The van der Waals surface area contributed by atoms with Crippen LogP contribution in [0.4, 0.5) is 5.69 Å². The highest BCUT2D eigenvalue weighted by Gasteiger charge is 2.56. The van der Waals surface area contributed by atoms with Crippen LogP contribution in [0.1, 0.15) is 23.3 Å². The molecule has 0 spiro atoms. The van der Waals surface area contributed by atoms with Crippen LogP contribution in [0.3, 0.4) is 0 Å². The Morgan fingerprint density at radius 2 is 1.71 bits per heavy atom. The molecule has 180 valence electrons. The largest absolute Gasteiger partial charge is 0.497 e. The van der Waals surface area contributed by atoms with Gasteiger partial charge >= 0.3 is 10.8 Å². The first kappa shape index (κ1) is 23.4. The SMILES string of the molecule is CCOC(=O)Cn1c2c(sc1=O)C(c1ccc(OC)cc1)C1C(=O)N(c3ccccc3)C(=O)C1S2. The predicted octanol–water partition coefficient (Wildman–Crippen LogP) is 3.28. The van der Waals surface area contributed by atoms with Gasteiger partial charge in [0.15, 0.2) is 0 Å². The van der Waals surface area contributed by atoms with E-state index < -0.39 is 23.1 Å². The van der Waals surface area contributed by atoms with Gasteiger partial charge in [0, 0.05) is 10.8 Å². The molecule has 0 bridgehead atoms. The van der Waals surface area contributed by atoms with Crippen LogP contribution >= 0.6 is 23.1 Å². The number of benzene rings is 2. The van der Waals surface area contributed by atoms with Crippen molar-refractivity contribution in [3.63, 3.8) is 0 Å². The molecule has 1 aromatic heterocycles. The summed E-state index contributed by atoms with van der Waals surface area (Å²) < 4.78 is 11.7. The van der Waals surface area contributed by atoms with Crippen LogP contribution in [0.25, 0.3) is 0 Å². The number of nitrogens with zero attached hydrogens (tertiary/aromatic N) is 2. The van der Waals surface area contributed by atoms with Crippen molar-refractivity contribution in [3.8, 4) is 5.75 Å². The van der Waals surface area contributed by atoms with Crippen molar-refractivity contribution >= 4 is 46.6 Å². The van der Waals surface area contributed by atoms with Crippen LogP contribution in [-0.4, -0.2) is 41.3 Å². The summed E-state index contributed by atoms with van der Waals surface area (Å²) in [5.41, 5.74) is 1.31. The first-order valence-corrected chi connectivity index (χ1v) is 12.8. The van der Waals surface area contributed by atoms with E-state index in [9.17, 15) is 19.2 Å². The molecule has 2 aliphatic heterocycles. The fourth-order valence-corrected chi connectivity index (χ4v) is 7.37. The summed E-state index contributed by atoms with van der Waals surface area (Å²) in [4.78, 5) is 54.1. The summed E-state index contributed by atoms with van der Waals surface area (Å²) in [6.45, 7) is 1.65. The van der Waals surface area contributed by atoms with Crippen LogP contribution in [-0.2, 0) is 25.7 Å². The fraction of sp³-hybridized carbons (Fsp3) is 0.280. The lowest BCUT2D eigenvalue weighted by molar-refractivity contribution is -0.144. The lowest BCUT2D eigenvalue weighted by Crippen LogP contribution is -2.32. The number of carbonyl (C=O) groups excluding carboxylic acids is 3. The molecule has 5 rings (SSSR count). The lowest BCUT2D eigenvalue weighted by Gasteiger charge is -2.30. The smallest absolute Gasteiger partial charge is 0.326 e. The van der Waals surface area contributed by atoms with E-state index in [1.165, 1.54) is 21.2 Å². The van der Waals surface area contributed by atoms with E-state index in [1.807, 2.05) is 18.2 Å². The highest BCUT2D eigenvalue weighted by Crippen LogP contribution is 2.53. The van der Waals surface area contributed by atoms with Gasteiger partial charge in [0.05, 0.1) is 30.3 Å². The van der Waals surface area contributed by atoms with E-state index in [0.29, 0.717) is 21.3 Å². The molecule has 2 amide bonds. The normalized spacial score (nSPS) is 21.0. The van der Waals surface area contributed by atoms with E-state index in [1.54, 1.807) is 50.4 Å². The number of anilines is 1. The van der Waals surface area contributed by atoms with Crippen molar-refractivity contribution in [3.05, 3.63) is 74.7 Å². The maximum Gasteiger partial charge on any atom is 0.326 e. The quantitative estimate of drug-likeness (QED) is 0.371. The highest BCUT2D eigenvalue weighted by atomic mass is 32.2. The molecule has 10 heteroatoms. The van der Waals surface area contributed by atoms with Crippen LogP contribution in [0.2, 0.25) is 0 Å². The number of thiazole rings is 1. The molecule has 1 saturated heterocycles. The molecule has 3 aromatic rings. The molecule has 2 aromatic carbocycles. The number of thioether (sulfide) groups is 1. The second kappa shape index (κ2) is 9.35. The van der Waals surface area contributed by atoms with E-state index >= 15 is 0 Å². The molecule has 1 fully saturated rings. The molecule has 0 N–H and O–H groups in total. The zero-order chi connectivity index (χ0) is 24.7. The number of carbonyl (C=O) groups is 3. The van der Waals surface area contributed by atoms with Crippen LogP contribution in [0.5, 0.6) is 5.75 Å². The zero-order valence-electron chi connectivity index (χ0n) is 19.0. The Labute approximate surface area is 209 Å². The minimum absolute atomic E-state index is 0.200. The topological polar surface area (TPSA) is 94.9 Å². The molecule has 0 aliphatic carbocycles. The maximum atomic E-state index is 13.7. The van der Waals surface area contributed by atoms with Crippen molar-refractivity contribution in [1.29, 1.82) is 0 Å². The number of fused-ring (bicyclic) bond motifs is 2. The molecule has 3 unspecified atom stereocenters. The summed E-state index contributed by atoms with van der Waals surface area (Å²) in [7, 11) is 1.57. The van der Waals surface area contributed by atoms with Crippen molar-refractivity contribution < 1.29 is 23.9 Å². The van der Waals surface area contributed by atoms with Crippen molar-refractivity contribution in [2.75, 3.05) is 18.6 Å². The van der Waals surface area contributed by atoms with E-state index in [2.05, 4.69) is 0 Å². The highest BCUT2D eigenvalue weighted by molar-refractivity contribution is 8.00. The fourth-order valence-electron chi connectivity index (χ4n) is 4.59. The third-order valence-corrected chi connectivity index (χ3v) is 8.73. The first-order chi connectivity index (χ1) is 16.9. The van der Waals surface area contributed by atoms with Gasteiger partial charge in [-0.15, -0.1) is 0 Å². The number of para-hydroxylation sites is 1. The molecular weight excluding hydrogens is 488 g/mol. The molecule has 3 heterocycles. The second-order valence-electron chi connectivity index (χ2n) is 8.09. The standard InChI is InChI=1S/C25H22N2O6S2/c1-3-33-17(28)13-26-24-21(35-25(26)31)18(14-9-11-16(32-2)12-10-14)19-20(34-24)23(30)27(22(19)29)15-7-5-4-6-8-15/h4-12,18-20H,3,13H2,1-2H3. The summed E-state index contributed by atoms with van der Waals surface area (Å²) >= 11 is 2.18. The van der Waals surface area contributed by atoms with Crippen LogP contribution in [0, 0.1) is 5.92 Å². The third kappa shape index (κ3) is 3.96. The molecular formula is C25H22N2O6S2. The van der Waals surface area contributed by atoms with Gasteiger partial charge in [0.1, 0.15) is 17.5 Å². The Bertz CT molecular complexity index is 1350. The summed E-state index contributed by atoms with van der Waals surface area (Å²) in [6.07, 6.45) is 0. The number of imide groups is 1. The van der Waals surface area contributed by atoms with Crippen molar-refractivity contribution in [2.24, 2.45) is 5.92 Å². The van der Waals surface area contributed by atoms with Crippen molar-refractivity contribution in [2.45, 2.75) is 29.7 Å². The Hall–Kier alpha value is -3.37. The molecule has 0 saturated carbocycles. The number of hydrogen-bond donors (Lipinski definition) is 0.